The van der Waals surface area contributed by atoms with E-state index in [9.17, 15) is 18.8 Å². The minimum absolute atomic E-state index is 0.188. The van der Waals surface area contributed by atoms with Crippen molar-refractivity contribution in [2.45, 2.75) is 19.8 Å². The highest BCUT2D eigenvalue weighted by molar-refractivity contribution is 5.98. The topological polar surface area (TPSA) is 87.7 Å². The number of carbonyl (C=O) groups is 3. The number of nitrogens with one attached hydrogen (secondary N) is 2. The summed E-state index contributed by atoms with van der Waals surface area (Å²) < 4.78 is 18.2. The average Bonchev–Trinajstić information content (AvgIpc) is 2.75. The van der Waals surface area contributed by atoms with Gasteiger partial charge in [0.1, 0.15) is 11.6 Å². The first kappa shape index (κ1) is 22.9. The van der Waals surface area contributed by atoms with Crippen molar-refractivity contribution in [1.82, 2.24) is 10.2 Å². The molecule has 2 rings (SSSR count). The smallest absolute Gasteiger partial charge is 0.254 e. The summed E-state index contributed by atoms with van der Waals surface area (Å²) >= 11 is 0. The molecule has 0 atom stereocenters. The van der Waals surface area contributed by atoms with Crippen LogP contribution in [0.25, 0.3) is 0 Å². The minimum atomic E-state index is -0.452. The van der Waals surface area contributed by atoms with Crippen LogP contribution in [0.4, 0.5) is 10.1 Å². The third-order valence-electron chi connectivity index (χ3n) is 4.31. The van der Waals surface area contributed by atoms with E-state index in [2.05, 4.69) is 10.6 Å². The number of hydrogen-bond acceptors (Lipinski definition) is 4. The SMILES string of the molecule is CCCCN(CC(=O)NCC(=O)Nc1ccc(OC)cc1)C(=O)c1ccc(F)cc1. The molecule has 0 bridgehead atoms. The highest BCUT2D eigenvalue weighted by Crippen LogP contribution is 2.14. The third-order valence-corrected chi connectivity index (χ3v) is 4.31. The Balaban J connectivity index is 1.88. The molecule has 3 amide bonds. The van der Waals surface area contributed by atoms with Gasteiger partial charge in [0.15, 0.2) is 0 Å². The van der Waals surface area contributed by atoms with Crippen molar-refractivity contribution in [3.05, 3.63) is 59.9 Å². The van der Waals surface area contributed by atoms with Gasteiger partial charge in [-0.2, -0.15) is 0 Å². The van der Waals surface area contributed by atoms with E-state index in [0.717, 1.165) is 12.8 Å². The van der Waals surface area contributed by atoms with E-state index >= 15 is 0 Å². The van der Waals surface area contributed by atoms with Gasteiger partial charge in [0.05, 0.1) is 20.2 Å². The predicted molar refractivity (Wildman–Crippen MR) is 112 cm³/mol. The molecule has 0 fully saturated rings. The number of nitrogens with zero attached hydrogens (tertiary/aromatic N) is 1. The van der Waals surface area contributed by atoms with E-state index in [1.165, 1.54) is 29.2 Å². The number of amides is 3. The minimum Gasteiger partial charge on any atom is -0.497 e. The second-order valence-electron chi connectivity index (χ2n) is 6.64. The van der Waals surface area contributed by atoms with Crippen molar-refractivity contribution in [2.75, 3.05) is 32.1 Å². The molecule has 2 N–H and O–H groups in total. The summed E-state index contributed by atoms with van der Waals surface area (Å²) in [5.41, 5.74) is 0.878. The monoisotopic (exact) mass is 415 g/mol. The van der Waals surface area contributed by atoms with Crippen molar-refractivity contribution in [3.8, 4) is 5.75 Å². The van der Waals surface area contributed by atoms with E-state index < -0.39 is 17.6 Å². The van der Waals surface area contributed by atoms with Gasteiger partial charge in [0.25, 0.3) is 5.91 Å². The molecule has 0 aliphatic rings. The molecule has 8 heteroatoms. The number of benzene rings is 2. The molecule has 0 aromatic heterocycles. The van der Waals surface area contributed by atoms with Crippen LogP contribution in [-0.4, -0.2) is 49.4 Å². The summed E-state index contributed by atoms with van der Waals surface area (Å²) in [4.78, 5) is 38.4. The Kier molecular flexibility index (Phi) is 8.80. The lowest BCUT2D eigenvalue weighted by atomic mass is 10.2. The summed E-state index contributed by atoms with van der Waals surface area (Å²) in [5.74, 6) is -0.974. The molecular weight excluding hydrogens is 389 g/mol. The number of methoxy groups -OCH3 is 1. The maximum absolute atomic E-state index is 13.1. The van der Waals surface area contributed by atoms with Gasteiger partial charge in [0.2, 0.25) is 11.8 Å². The molecule has 0 heterocycles. The lowest BCUT2D eigenvalue weighted by molar-refractivity contribution is -0.124. The van der Waals surface area contributed by atoms with E-state index in [1.807, 2.05) is 6.92 Å². The van der Waals surface area contributed by atoms with E-state index in [4.69, 9.17) is 4.74 Å². The first-order valence-electron chi connectivity index (χ1n) is 9.68. The van der Waals surface area contributed by atoms with Gasteiger partial charge in [-0.15, -0.1) is 0 Å². The average molecular weight is 415 g/mol. The lowest BCUT2D eigenvalue weighted by Gasteiger charge is -2.22. The van der Waals surface area contributed by atoms with Crippen LogP contribution >= 0.6 is 0 Å². The molecule has 2 aromatic carbocycles. The molecule has 0 aliphatic heterocycles. The van der Waals surface area contributed by atoms with Gasteiger partial charge in [-0.1, -0.05) is 13.3 Å². The molecular formula is C22H26FN3O4. The highest BCUT2D eigenvalue weighted by Gasteiger charge is 2.19. The van der Waals surface area contributed by atoms with E-state index in [0.29, 0.717) is 23.5 Å². The van der Waals surface area contributed by atoms with Crippen molar-refractivity contribution in [1.29, 1.82) is 0 Å². The Morgan fingerprint density at radius 1 is 1.00 bits per heavy atom. The summed E-state index contributed by atoms with van der Waals surface area (Å²) in [6, 6.07) is 12.0. The fourth-order valence-corrected chi connectivity index (χ4v) is 2.66. The summed E-state index contributed by atoms with van der Waals surface area (Å²) in [5, 5.41) is 5.18. The third kappa shape index (κ3) is 7.20. The second kappa shape index (κ2) is 11.5. The number of anilines is 1. The molecule has 0 aliphatic carbocycles. The number of halogens is 1. The normalized spacial score (nSPS) is 10.2. The summed E-state index contributed by atoms with van der Waals surface area (Å²) in [7, 11) is 1.55. The first-order valence-corrected chi connectivity index (χ1v) is 9.68. The zero-order valence-electron chi connectivity index (χ0n) is 17.1. The second-order valence-corrected chi connectivity index (χ2v) is 6.64. The number of hydrogen-bond donors (Lipinski definition) is 2. The Bertz CT molecular complexity index is 854. The fraction of sp³-hybridized carbons (Fsp3) is 0.318. The van der Waals surface area contributed by atoms with Gasteiger partial charge >= 0.3 is 0 Å². The predicted octanol–water partition coefficient (Wildman–Crippen LogP) is 2.83. The molecule has 160 valence electrons. The maximum Gasteiger partial charge on any atom is 0.254 e. The van der Waals surface area contributed by atoms with Crippen LogP contribution in [0.2, 0.25) is 0 Å². The van der Waals surface area contributed by atoms with Crippen LogP contribution < -0.4 is 15.4 Å². The van der Waals surface area contributed by atoms with Crippen LogP contribution in [0.1, 0.15) is 30.1 Å². The van der Waals surface area contributed by atoms with Gasteiger partial charge in [-0.3, -0.25) is 14.4 Å². The molecule has 0 spiro atoms. The van der Waals surface area contributed by atoms with Crippen molar-refractivity contribution in [2.24, 2.45) is 0 Å². The van der Waals surface area contributed by atoms with Crippen molar-refractivity contribution < 1.29 is 23.5 Å². The van der Waals surface area contributed by atoms with Crippen molar-refractivity contribution >= 4 is 23.4 Å². The molecule has 0 unspecified atom stereocenters. The lowest BCUT2D eigenvalue weighted by Crippen LogP contribution is -2.43. The van der Waals surface area contributed by atoms with Crippen LogP contribution in [0, 0.1) is 5.82 Å². The van der Waals surface area contributed by atoms with Crippen LogP contribution in [0.3, 0.4) is 0 Å². The van der Waals surface area contributed by atoms with Gasteiger partial charge in [-0.05, 0) is 55.0 Å². The Morgan fingerprint density at radius 3 is 2.27 bits per heavy atom. The summed E-state index contributed by atoms with van der Waals surface area (Å²) in [6.07, 6.45) is 1.57. The Hall–Kier alpha value is -3.42. The van der Waals surface area contributed by atoms with Crippen LogP contribution in [0.5, 0.6) is 5.75 Å². The van der Waals surface area contributed by atoms with Gasteiger partial charge < -0.3 is 20.3 Å². The van der Waals surface area contributed by atoms with Crippen LogP contribution in [0.15, 0.2) is 48.5 Å². The number of unbranched alkanes of at least 4 members (excludes halogenated alkanes) is 1. The molecule has 30 heavy (non-hydrogen) atoms. The number of ether oxygens (including phenoxy) is 1. The van der Waals surface area contributed by atoms with E-state index in [1.54, 1.807) is 31.4 Å². The molecule has 7 nitrogen and oxygen atoms in total. The highest BCUT2D eigenvalue weighted by atomic mass is 19.1. The zero-order chi connectivity index (χ0) is 21.9. The van der Waals surface area contributed by atoms with Gasteiger partial charge in [0, 0.05) is 17.8 Å². The first-order chi connectivity index (χ1) is 14.4. The largest absolute Gasteiger partial charge is 0.497 e. The van der Waals surface area contributed by atoms with Crippen LogP contribution in [-0.2, 0) is 9.59 Å². The number of carbonyl (C=O) groups excluding carboxylic acids is 3. The zero-order valence-corrected chi connectivity index (χ0v) is 17.1. The standard InChI is InChI=1S/C22H26FN3O4/c1-3-4-13-26(22(29)16-5-7-17(23)8-6-16)15-21(28)24-14-20(27)25-18-9-11-19(30-2)12-10-18/h5-12H,3-4,13-15H2,1-2H3,(H,24,28)(H,25,27). The van der Waals surface area contributed by atoms with E-state index in [-0.39, 0.29) is 19.0 Å². The summed E-state index contributed by atoms with van der Waals surface area (Å²) in [6.45, 7) is 1.95. The molecule has 0 radical (unpaired) electrons. The quantitative estimate of drug-likeness (QED) is 0.625. The Labute approximate surface area is 175 Å². The van der Waals surface area contributed by atoms with Crippen molar-refractivity contribution in [3.63, 3.8) is 0 Å². The van der Waals surface area contributed by atoms with Gasteiger partial charge in [-0.25, -0.2) is 4.39 Å². The number of rotatable bonds is 10. The molecule has 0 saturated heterocycles. The molecule has 0 saturated carbocycles. The maximum atomic E-state index is 13.1. The fourth-order valence-electron chi connectivity index (χ4n) is 2.66. The Morgan fingerprint density at radius 2 is 1.67 bits per heavy atom. The molecule has 2 aromatic rings.